The Morgan fingerprint density at radius 1 is 1.06 bits per heavy atom. The highest BCUT2D eigenvalue weighted by molar-refractivity contribution is 7.90. The van der Waals surface area contributed by atoms with Crippen LogP contribution in [0, 0.1) is 12.8 Å². The van der Waals surface area contributed by atoms with E-state index in [2.05, 4.69) is 46.0 Å². The molecule has 8 heteroatoms. The number of hydrogen-bond acceptors (Lipinski definition) is 6. The summed E-state index contributed by atoms with van der Waals surface area (Å²) >= 11 is 0. The zero-order valence-electron chi connectivity index (χ0n) is 20.4. The third kappa shape index (κ3) is 4.68. The van der Waals surface area contributed by atoms with Gasteiger partial charge in [0.05, 0.1) is 4.90 Å². The van der Waals surface area contributed by atoms with Gasteiger partial charge in [-0.25, -0.2) is 17.4 Å². The Hall–Kier alpha value is -3.23. The van der Waals surface area contributed by atoms with Gasteiger partial charge in [-0.3, -0.25) is 4.90 Å². The van der Waals surface area contributed by atoms with Crippen molar-refractivity contribution in [3.63, 3.8) is 0 Å². The quantitative estimate of drug-likeness (QED) is 0.402. The normalized spacial score (nSPS) is 19.2. The predicted octanol–water partition coefficient (Wildman–Crippen LogP) is 4.32. The summed E-state index contributed by atoms with van der Waals surface area (Å²) in [6.07, 6.45) is 4.36. The van der Waals surface area contributed by atoms with E-state index >= 15 is 0 Å². The van der Waals surface area contributed by atoms with Crippen molar-refractivity contribution in [3.8, 4) is 0 Å². The zero-order chi connectivity index (χ0) is 24.6. The van der Waals surface area contributed by atoms with Gasteiger partial charge in [-0.15, -0.1) is 0 Å². The number of fused-ring (bicyclic) bond motifs is 1. The van der Waals surface area contributed by atoms with E-state index in [1.807, 2.05) is 20.0 Å². The Morgan fingerprint density at radius 3 is 2.54 bits per heavy atom. The minimum absolute atomic E-state index is 0.224. The molecule has 7 nitrogen and oxygen atoms in total. The first-order valence-corrected chi connectivity index (χ1v) is 13.4. The Bertz CT molecular complexity index is 1420. The van der Waals surface area contributed by atoms with Gasteiger partial charge in [0.25, 0.3) is 10.0 Å². The maximum Gasteiger partial charge on any atom is 0.269 e. The van der Waals surface area contributed by atoms with Crippen LogP contribution >= 0.6 is 0 Å². The molecule has 0 amide bonds. The molecular weight excluding hydrogens is 458 g/mol. The van der Waals surface area contributed by atoms with Crippen molar-refractivity contribution in [3.05, 3.63) is 84.2 Å². The van der Waals surface area contributed by atoms with Gasteiger partial charge in [0, 0.05) is 44.0 Å². The summed E-state index contributed by atoms with van der Waals surface area (Å²) in [7, 11) is -1.75. The van der Waals surface area contributed by atoms with Gasteiger partial charge in [0.15, 0.2) is 5.65 Å². The van der Waals surface area contributed by atoms with Crippen molar-refractivity contribution in [2.45, 2.75) is 37.8 Å². The van der Waals surface area contributed by atoms with Crippen molar-refractivity contribution in [2.24, 2.45) is 5.92 Å². The lowest BCUT2D eigenvalue weighted by Crippen LogP contribution is -2.51. The van der Waals surface area contributed by atoms with E-state index in [9.17, 15) is 8.42 Å². The number of hydrogen-bond donors (Lipinski definition) is 0. The molecule has 1 fully saturated rings. The van der Waals surface area contributed by atoms with Crippen LogP contribution in [0.25, 0.3) is 11.0 Å². The first kappa shape index (κ1) is 23.5. The third-order valence-electron chi connectivity index (χ3n) is 7.02. The van der Waals surface area contributed by atoms with E-state index < -0.39 is 10.0 Å². The molecule has 1 aliphatic heterocycles. The van der Waals surface area contributed by atoms with Crippen molar-refractivity contribution in [2.75, 3.05) is 25.0 Å². The second-order valence-corrected chi connectivity index (χ2v) is 11.4. The summed E-state index contributed by atoms with van der Waals surface area (Å²) in [6.45, 7) is 7.07. The summed E-state index contributed by atoms with van der Waals surface area (Å²) < 4.78 is 28.0. The van der Waals surface area contributed by atoms with Gasteiger partial charge in [-0.2, -0.15) is 4.98 Å². The number of nitrogens with zero attached hydrogens (tertiary/aromatic N) is 5. The smallest absolute Gasteiger partial charge is 0.269 e. The van der Waals surface area contributed by atoms with E-state index in [1.165, 1.54) is 9.54 Å². The number of likely N-dealkylation sites (tertiary alicyclic amines) is 1. The average molecular weight is 490 g/mol. The molecule has 0 radical (unpaired) electrons. The summed E-state index contributed by atoms with van der Waals surface area (Å²) in [4.78, 5) is 14.2. The number of piperidine rings is 1. The van der Waals surface area contributed by atoms with Crippen LogP contribution in [0.1, 0.15) is 24.5 Å². The second-order valence-electron chi connectivity index (χ2n) is 9.54. The van der Waals surface area contributed by atoms with E-state index in [0.29, 0.717) is 22.9 Å². The molecule has 5 rings (SSSR count). The fraction of sp³-hybridized carbons (Fsp3) is 0.333. The molecule has 4 aromatic rings. The van der Waals surface area contributed by atoms with Crippen LogP contribution in [-0.4, -0.2) is 53.4 Å². The van der Waals surface area contributed by atoms with Crippen molar-refractivity contribution in [1.82, 2.24) is 18.8 Å². The molecule has 2 aromatic heterocycles. The first-order valence-electron chi connectivity index (χ1n) is 12.0. The van der Waals surface area contributed by atoms with Gasteiger partial charge < -0.3 is 4.90 Å². The zero-order valence-corrected chi connectivity index (χ0v) is 21.2. The standard InChI is InChI=1S/C27H31N5O2S/c1-20-9-11-24(12-10-20)35(33,34)32-16-14-23-17-28-27(29-26(23)32)30(3)25-19-31(15-13-21(25)2)18-22-7-5-4-6-8-22/h4-12,14,16-17,21,25H,13,15,18-19H2,1-3H3/t21-,25+/m1/s1. The lowest BCUT2D eigenvalue weighted by Gasteiger charge is -2.41. The summed E-state index contributed by atoms with van der Waals surface area (Å²) in [5, 5.41) is 0.695. The number of benzene rings is 2. The molecule has 0 aliphatic carbocycles. The highest BCUT2D eigenvalue weighted by Gasteiger charge is 2.31. The molecule has 0 saturated carbocycles. The largest absolute Gasteiger partial charge is 0.339 e. The van der Waals surface area contributed by atoms with Crippen LogP contribution in [0.3, 0.4) is 0 Å². The molecule has 0 bridgehead atoms. The Labute approximate surface area is 207 Å². The minimum Gasteiger partial charge on any atom is -0.339 e. The maximum atomic E-state index is 13.4. The molecule has 182 valence electrons. The number of rotatable bonds is 6. The van der Waals surface area contributed by atoms with E-state index in [-0.39, 0.29) is 10.9 Å². The van der Waals surface area contributed by atoms with Gasteiger partial charge in [0.2, 0.25) is 5.95 Å². The Balaban J connectivity index is 1.43. The van der Waals surface area contributed by atoms with Gasteiger partial charge >= 0.3 is 0 Å². The van der Waals surface area contributed by atoms with Crippen LogP contribution in [0.5, 0.6) is 0 Å². The van der Waals surface area contributed by atoms with Crippen LogP contribution in [0.4, 0.5) is 5.95 Å². The summed E-state index contributed by atoms with van der Waals surface area (Å²) in [5.74, 6) is 1.00. The van der Waals surface area contributed by atoms with Gasteiger partial charge in [-0.05, 0) is 49.6 Å². The number of anilines is 1. The molecule has 35 heavy (non-hydrogen) atoms. The van der Waals surface area contributed by atoms with Crippen LogP contribution in [0.15, 0.2) is 78.0 Å². The fourth-order valence-electron chi connectivity index (χ4n) is 4.83. The third-order valence-corrected chi connectivity index (χ3v) is 8.70. The summed E-state index contributed by atoms with van der Waals surface area (Å²) in [5.41, 5.74) is 2.71. The molecule has 0 unspecified atom stereocenters. The van der Waals surface area contributed by atoms with Crippen molar-refractivity contribution in [1.29, 1.82) is 0 Å². The van der Waals surface area contributed by atoms with Crippen LogP contribution in [-0.2, 0) is 16.6 Å². The Kier molecular flexibility index (Phi) is 6.34. The van der Waals surface area contributed by atoms with Crippen molar-refractivity contribution >= 4 is 27.0 Å². The fourth-order valence-corrected chi connectivity index (χ4v) is 6.13. The molecule has 2 atom stereocenters. The van der Waals surface area contributed by atoms with E-state index in [4.69, 9.17) is 4.98 Å². The van der Waals surface area contributed by atoms with Crippen molar-refractivity contribution < 1.29 is 8.42 Å². The molecule has 3 heterocycles. The molecule has 2 aromatic carbocycles. The first-order chi connectivity index (χ1) is 16.8. The number of likely N-dealkylation sites (N-methyl/N-ethyl adjacent to an activating group) is 1. The topological polar surface area (TPSA) is 71.3 Å². The van der Waals surface area contributed by atoms with Crippen LogP contribution in [0.2, 0.25) is 0 Å². The molecule has 1 saturated heterocycles. The van der Waals surface area contributed by atoms with E-state index in [0.717, 1.165) is 31.6 Å². The van der Waals surface area contributed by atoms with E-state index in [1.54, 1.807) is 42.7 Å². The molecule has 0 spiro atoms. The minimum atomic E-state index is -3.76. The highest BCUT2D eigenvalue weighted by Crippen LogP contribution is 2.27. The SMILES string of the molecule is Cc1ccc(S(=O)(=O)n2ccc3cnc(N(C)[C@H]4CN(Cc5ccccc5)CC[C@H]4C)nc32)cc1. The average Bonchev–Trinajstić information content (AvgIpc) is 3.30. The summed E-state index contributed by atoms with van der Waals surface area (Å²) in [6, 6.07) is 19.4. The van der Waals surface area contributed by atoms with Gasteiger partial charge in [0.1, 0.15) is 0 Å². The lowest BCUT2D eigenvalue weighted by molar-refractivity contribution is 0.158. The molecule has 0 N–H and O–H groups in total. The van der Waals surface area contributed by atoms with Crippen LogP contribution < -0.4 is 4.90 Å². The molecule has 1 aliphatic rings. The lowest BCUT2D eigenvalue weighted by atomic mass is 9.92. The molecular formula is C27H31N5O2S. The predicted molar refractivity (Wildman–Crippen MR) is 139 cm³/mol. The Morgan fingerprint density at radius 2 is 1.80 bits per heavy atom. The second kappa shape index (κ2) is 9.43. The highest BCUT2D eigenvalue weighted by atomic mass is 32.2. The van der Waals surface area contributed by atoms with Gasteiger partial charge in [-0.1, -0.05) is 55.0 Å². The number of aromatic nitrogens is 3. The maximum absolute atomic E-state index is 13.4. The number of aryl methyl sites for hydroxylation is 1. The monoisotopic (exact) mass is 489 g/mol.